The molecule has 0 unspecified atom stereocenters. The van der Waals surface area contributed by atoms with Crippen molar-refractivity contribution in [1.29, 1.82) is 0 Å². The van der Waals surface area contributed by atoms with Crippen LogP contribution in [-0.4, -0.2) is 30.3 Å². The lowest BCUT2D eigenvalue weighted by Crippen LogP contribution is -2.16. The van der Waals surface area contributed by atoms with E-state index in [1.165, 1.54) is 36.6 Å². The zero-order valence-electron chi connectivity index (χ0n) is 12.8. The lowest BCUT2D eigenvalue weighted by Gasteiger charge is -2.15. The summed E-state index contributed by atoms with van der Waals surface area (Å²) in [5.74, 6) is 0.222. The van der Waals surface area contributed by atoms with Crippen LogP contribution < -0.4 is 9.46 Å². The van der Waals surface area contributed by atoms with Gasteiger partial charge in [0.1, 0.15) is 23.3 Å². The highest BCUT2D eigenvalue weighted by molar-refractivity contribution is 9.10. The molecule has 3 rings (SSSR count). The van der Waals surface area contributed by atoms with Crippen LogP contribution in [0.25, 0.3) is 5.69 Å². The Morgan fingerprint density at radius 3 is 2.72 bits per heavy atom. The maximum absolute atomic E-state index is 12.9. The number of hydrogen-bond donors (Lipinski definition) is 1. The lowest BCUT2D eigenvalue weighted by molar-refractivity contribution is 0.403. The maximum Gasteiger partial charge on any atom is 0.265 e. The first-order chi connectivity index (χ1) is 11.9. The number of rotatable bonds is 5. The van der Waals surface area contributed by atoms with Crippen molar-refractivity contribution in [3.63, 3.8) is 0 Å². The van der Waals surface area contributed by atoms with Crippen LogP contribution in [0.4, 0.5) is 5.69 Å². The van der Waals surface area contributed by atoms with E-state index in [4.69, 9.17) is 16.3 Å². The highest BCUT2D eigenvalue weighted by Crippen LogP contribution is 2.31. The molecule has 3 aromatic rings. The summed E-state index contributed by atoms with van der Waals surface area (Å²) < 4.78 is 35.5. The Morgan fingerprint density at radius 1 is 1.24 bits per heavy atom. The van der Waals surface area contributed by atoms with Crippen molar-refractivity contribution >= 4 is 43.2 Å². The molecule has 2 aromatic carbocycles. The molecule has 7 nitrogen and oxygen atoms in total. The molecule has 0 saturated carbocycles. The van der Waals surface area contributed by atoms with Crippen molar-refractivity contribution in [2.45, 2.75) is 4.90 Å². The Balaban J connectivity index is 2.08. The average Bonchev–Trinajstić information content (AvgIpc) is 3.09. The average molecular weight is 444 g/mol. The van der Waals surface area contributed by atoms with E-state index in [0.29, 0.717) is 15.2 Å². The standard InChI is InChI=1S/C15H12BrClN4O3S/c1-24-14-5-2-10(16)6-15(14)25(22,23)20-12-7-11(17)3-4-13(12)21-9-18-8-19-21/h2-9,20H,1H3. The number of ether oxygens (including phenoxy) is 1. The van der Waals surface area contributed by atoms with Crippen molar-refractivity contribution in [1.82, 2.24) is 14.8 Å². The summed E-state index contributed by atoms with van der Waals surface area (Å²) in [7, 11) is -2.53. The third-order valence-electron chi connectivity index (χ3n) is 3.28. The molecule has 1 heterocycles. The Kier molecular flexibility index (Phi) is 4.98. The topological polar surface area (TPSA) is 86.1 Å². The fourth-order valence-electron chi connectivity index (χ4n) is 2.18. The second-order valence-corrected chi connectivity index (χ2v) is 7.91. The number of nitrogens with one attached hydrogen (secondary N) is 1. The van der Waals surface area contributed by atoms with Gasteiger partial charge in [-0.3, -0.25) is 4.72 Å². The van der Waals surface area contributed by atoms with Crippen LogP contribution in [0.1, 0.15) is 0 Å². The zero-order valence-corrected chi connectivity index (χ0v) is 16.0. The van der Waals surface area contributed by atoms with Gasteiger partial charge in [0.25, 0.3) is 10.0 Å². The van der Waals surface area contributed by atoms with Crippen LogP contribution in [-0.2, 0) is 10.0 Å². The van der Waals surface area contributed by atoms with Gasteiger partial charge in [-0.15, -0.1) is 0 Å². The predicted molar refractivity (Wildman–Crippen MR) is 97.9 cm³/mol. The van der Waals surface area contributed by atoms with Crippen LogP contribution in [0.2, 0.25) is 5.02 Å². The highest BCUT2D eigenvalue weighted by Gasteiger charge is 2.22. The van der Waals surface area contributed by atoms with Gasteiger partial charge in [0, 0.05) is 9.50 Å². The molecular weight excluding hydrogens is 432 g/mol. The molecule has 0 aliphatic carbocycles. The van der Waals surface area contributed by atoms with E-state index in [1.807, 2.05) is 0 Å². The van der Waals surface area contributed by atoms with Crippen molar-refractivity contribution in [2.24, 2.45) is 0 Å². The first-order valence-electron chi connectivity index (χ1n) is 6.91. The molecule has 1 N–H and O–H groups in total. The summed E-state index contributed by atoms with van der Waals surface area (Å²) in [5, 5.41) is 4.40. The van der Waals surface area contributed by atoms with Gasteiger partial charge < -0.3 is 4.74 Å². The SMILES string of the molecule is COc1ccc(Br)cc1S(=O)(=O)Nc1cc(Cl)ccc1-n1cncn1. The van der Waals surface area contributed by atoms with Gasteiger partial charge >= 0.3 is 0 Å². The largest absolute Gasteiger partial charge is 0.495 e. The Bertz CT molecular complexity index is 1010. The van der Waals surface area contributed by atoms with E-state index in [0.717, 1.165) is 0 Å². The molecule has 130 valence electrons. The summed E-state index contributed by atoms with van der Waals surface area (Å²) in [6.45, 7) is 0. The minimum absolute atomic E-state index is 0.00566. The predicted octanol–water partition coefficient (Wildman–Crippen LogP) is 3.49. The Hall–Kier alpha value is -2.10. The molecule has 0 fully saturated rings. The molecule has 0 radical (unpaired) electrons. The van der Waals surface area contributed by atoms with E-state index < -0.39 is 10.0 Å². The van der Waals surface area contributed by atoms with Crippen molar-refractivity contribution in [2.75, 3.05) is 11.8 Å². The highest BCUT2D eigenvalue weighted by atomic mass is 79.9. The summed E-state index contributed by atoms with van der Waals surface area (Å²) in [6, 6.07) is 9.50. The van der Waals surface area contributed by atoms with Crippen LogP contribution in [0.3, 0.4) is 0 Å². The first kappa shape index (κ1) is 17.7. The third kappa shape index (κ3) is 3.78. The van der Waals surface area contributed by atoms with Gasteiger partial charge in [-0.1, -0.05) is 27.5 Å². The smallest absolute Gasteiger partial charge is 0.265 e. The van der Waals surface area contributed by atoms with Crippen LogP contribution in [0.15, 0.2) is 58.4 Å². The number of nitrogens with zero attached hydrogens (tertiary/aromatic N) is 3. The fraction of sp³-hybridized carbons (Fsp3) is 0.0667. The Morgan fingerprint density at radius 2 is 2.04 bits per heavy atom. The normalized spacial score (nSPS) is 11.3. The van der Waals surface area contributed by atoms with Gasteiger partial charge in [0.15, 0.2) is 0 Å². The van der Waals surface area contributed by atoms with Gasteiger partial charge in [-0.2, -0.15) is 5.10 Å². The molecule has 0 aliphatic heterocycles. The lowest BCUT2D eigenvalue weighted by atomic mass is 10.3. The molecule has 25 heavy (non-hydrogen) atoms. The molecule has 10 heteroatoms. The summed E-state index contributed by atoms with van der Waals surface area (Å²) in [6.07, 6.45) is 2.81. The number of aromatic nitrogens is 3. The third-order valence-corrected chi connectivity index (χ3v) is 5.40. The van der Waals surface area contributed by atoms with E-state index in [1.54, 1.807) is 24.3 Å². The van der Waals surface area contributed by atoms with E-state index in [9.17, 15) is 8.42 Å². The minimum atomic E-state index is -3.93. The molecule has 0 bridgehead atoms. The summed E-state index contributed by atoms with van der Waals surface area (Å²) in [4.78, 5) is 3.87. The van der Waals surface area contributed by atoms with Crippen LogP contribution in [0.5, 0.6) is 5.75 Å². The number of hydrogen-bond acceptors (Lipinski definition) is 5. The summed E-state index contributed by atoms with van der Waals surface area (Å²) in [5.41, 5.74) is 0.750. The maximum atomic E-state index is 12.9. The number of methoxy groups -OCH3 is 1. The number of halogens is 2. The van der Waals surface area contributed by atoms with E-state index >= 15 is 0 Å². The second kappa shape index (κ2) is 7.03. The van der Waals surface area contributed by atoms with Gasteiger partial charge in [0.05, 0.1) is 18.5 Å². The monoisotopic (exact) mass is 442 g/mol. The van der Waals surface area contributed by atoms with Crippen molar-refractivity contribution in [3.05, 3.63) is 58.5 Å². The summed E-state index contributed by atoms with van der Waals surface area (Å²) >= 11 is 9.29. The second-order valence-electron chi connectivity index (χ2n) is 4.90. The molecule has 0 spiro atoms. The van der Waals surface area contributed by atoms with Gasteiger partial charge in [-0.05, 0) is 36.4 Å². The molecule has 0 saturated heterocycles. The van der Waals surface area contributed by atoms with Crippen LogP contribution in [0, 0.1) is 0 Å². The zero-order chi connectivity index (χ0) is 18.0. The molecule has 0 atom stereocenters. The number of anilines is 1. The molecule has 0 amide bonds. The quantitative estimate of drug-likeness (QED) is 0.652. The van der Waals surface area contributed by atoms with E-state index in [2.05, 4.69) is 30.7 Å². The van der Waals surface area contributed by atoms with E-state index in [-0.39, 0.29) is 16.3 Å². The molecular formula is C15H12BrClN4O3S. The minimum Gasteiger partial charge on any atom is -0.495 e. The first-order valence-corrected chi connectivity index (χ1v) is 9.57. The molecule has 1 aromatic heterocycles. The van der Waals surface area contributed by atoms with Crippen LogP contribution >= 0.6 is 27.5 Å². The molecule has 0 aliphatic rings. The number of sulfonamides is 1. The Labute approximate surface area is 157 Å². The van der Waals surface area contributed by atoms with Crippen molar-refractivity contribution in [3.8, 4) is 11.4 Å². The fourth-order valence-corrected chi connectivity index (χ4v) is 4.13. The van der Waals surface area contributed by atoms with Crippen molar-refractivity contribution < 1.29 is 13.2 Å². The number of benzene rings is 2. The van der Waals surface area contributed by atoms with Gasteiger partial charge in [-0.25, -0.2) is 18.1 Å². The van der Waals surface area contributed by atoms with Gasteiger partial charge in [0.2, 0.25) is 0 Å².